The van der Waals surface area contributed by atoms with Gasteiger partial charge in [-0.2, -0.15) is 8.78 Å². The first-order chi connectivity index (χ1) is 9.85. The lowest BCUT2D eigenvalue weighted by Gasteiger charge is -2.18. The summed E-state index contributed by atoms with van der Waals surface area (Å²) in [5.41, 5.74) is 0.319. The van der Waals surface area contributed by atoms with Crippen LogP contribution in [0.3, 0.4) is 0 Å². The van der Waals surface area contributed by atoms with Crippen LogP contribution in [0.25, 0.3) is 0 Å². The Kier molecular flexibility index (Phi) is 6.36. The Morgan fingerprint density at radius 2 is 2.00 bits per heavy atom. The highest BCUT2D eigenvalue weighted by atomic mass is 19.3. The van der Waals surface area contributed by atoms with E-state index in [0.717, 1.165) is 0 Å². The van der Waals surface area contributed by atoms with Crippen LogP contribution in [0.1, 0.15) is 25.5 Å². The molecule has 1 aromatic rings. The van der Waals surface area contributed by atoms with Crippen molar-refractivity contribution in [3.05, 3.63) is 23.8 Å². The number of carboxylic acids is 1. The van der Waals surface area contributed by atoms with Crippen molar-refractivity contribution in [2.24, 2.45) is 5.92 Å². The molecule has 0 spiro atoms. The first-order valence-electron chi connectivity index (χ1n) is 6.44. The number of aliphatic carboxylic acids is 1. The zero-order valence-corrected chi connectivity index (χ0v) is 12.1. The molecule has 7 heteroatoms. The van der Waals surface area contributed by atoms with Gasteiger partial charge in [-0.15, -0.1) is 0 Å². The van der Waals surface area contributed by atoms with Crippen molar-refractivity contribution in [3.63, 3.8) is 0 Å². The van der Waals surface area contributed by atoms with Gasteiger partial charge >= 0.3 is 12.6 Å². The van der Waals surface area contributed by atoms with Crippen molar-refractivity contribution in [3.8, 4) is 11.5 Å². The lowest BCUT2D eigenvalue weighted by molar-refractivity contribution is -0.139. The summed E-state index contributed by atoms with van der Waals surface area (Å²) in [6, 6.07) is 3.15. The van der Waals surface area contributed by atoms with Gasteiger partial charge in [0.25, 0.3) is 0 Å². The van der Waals surface area contributed by atoms with Crippen LogP contribution < -0.4 is 14.8 Å². The summed E-state index contributed by atoms with van der Waals surface area (Å²) in [6.45, 7) is 1.34. The van der Waals surface area contributed by atoms with Gasteiger partial charge in [-0.3, -0.25) is 4.79 Å². The van der Waals surface area contributed by atoms with Crippen LogP contribution in [-0.2, 0) is 4.79 Å². The van der Waals surface area contributed by atoms with Crippen LogP contribution in [-0.4, -0.2) is 31.3 Å². The number of nitrogens with one attached hydrogen (secondary N) is 1. The van der Waals surface area contributed by atoms with Crippen LogP contribution in [0.5, 0.6) is 11.5 Å². The minimum atomic E-state index is -3.01. The van der Waals surface area contributed by atoms with E-state index in [4.69, 9.17) is 4.74 Å². The van der Waals surface area contributed by atoms with Gasteiger partial charge in [-0.1, -0.05) is 19.9 Å². The Morgan fingerprint density at radius 1 is 1.33 bits per heavy atom. The summed E-state index contributed by atoms with van der Waals surface area (Å²) in [4.78, 5) is 11.3. The van der Waals surface area contributed by atoms with Crippen LogP contribution in [0, 0.1) is 5.92 Å². The molecule has 0 aromatic heterocycles. The van der Waals surface area contributed by atoms with E-state index >= 15 is 0 Å². The molecular weight excluding hydrogens is 284 g/mol. The molecule has 0 amide bonds. The smallest absolute Gasteiger partial charge is 0.387 e. The maximum atomic E-state index is 12.4. The van der Waals surface area contributed by atoms with E-state index in [1.54, 1.807) is 0 Å². The number of carboxylic acid groups (broad SMARTS) is 1. The molecule has 0 aliphatic rings. The molecule has 0 aliphatic heterocycles. The predicted molar refractivity (Wildman–Crippen MR) is 72.8 cm³/mol. The topological polar surface area (TPSA) is 67.8 Å². The van der Waals surface area contributed by atoms with Crippen LogP contribution in [0.15, 0.2) is 18.2 Å². The second kappa shape index (κ2) is 7.78. The normalized spacial score (nSPS) is 12.5. The summed E-state index contributed by atoms with van der Waals surface area (Å²) >= 11 is 0. The van der Waals surface area contributed by atoms with Crippen molar-refractivity contribution in [1.82, 2.24) is 5.32 Å². The highest BCUT2D eigenvalue weighted by Gasteiger charge is 2.22. The first kappa shape index (κ1) is 17.2. The third kappa shape index (κ3) is 5.18. The third-order valence-corrected chi connectivity index (χ3v) is 2.71. The molecular formula is C14H19F2NO4. The fourth-order valence-corrected chi connectivity index (χ4v) is 1.76. The molecule has 1 unspecified atom stereocenters. The first-order valence-corrected chi connectivity index (χ1v) is 6.44. The summed E-state index contributed by atoms with van der Waals surface area (Å²) in [5.74, 6) is -0.916. The van der Waals surface area contributed by atoms with Gasteiger partial charge in [0.1, 0.15) is 6.04 Å². The fraction of sp³-hybridized carbons (Fsp3) is 0.500. The Bertz CT molecular complexity index is 480. The fourth-order valence-electron chi connectivity index (χ4n) is 1.76. The van der Waals surface area contributed by atoms with Crippen molar-refractivity contribution in [2.75, 3.05) is 13.7 Å². The number of methoxy groups -OCH3 is 1. The summed E-state index contributed by atoms with van der Waals surface area (Å²) in [6.07, 6.45) is 0. The quantitative estimate of drug-likeness (QED) is 0.773. The number of hydrogen-bond donors (Lipinski definition) is 2. The van der Waals surface area contributed by atoms with Gasteiger partial charge < -0.3 is 19.9 Å². The van der Waals surface area contributed by atoms with Crippen LogP contribution in [0.2, 0.25) is 0 Å². The van der Waals surface area contributed by atoms with E-state index < -0.39 is 18.6 Å². The molecule has 1 aromatic carbocycles. The highest BCUT2D eigenvalue weighted by Crippen LogP contribution is 2.31. The lowest BCUT2D eigenvalue weighted by atomic mass is 10.1. The largest absolute Gasteiger partial charge is 0.493 e. The maximum Gasteiger partial charge on any atom is 0.387 e. The monoisotopic (exact) mass is 303 g/mol. The number of carbonyl (C=O) groups is 1. The van der Waals surface area contributed by atoms with Gasteiger partial charge in [-0.25, -0.2) is 0 Å². The Hall–Kier alpha value is -1.89. The zero-order valence-electron chi connectivity index (χ0n) is 12.1. The molecule has 0 saturated heterocycles. The van der Waals surface area contributed by atoms with Gasteiger partial charge in [0.05, 0.1) is 7.11 Å². The minimum Gasteiger partial charge on any atom is -0.493 e. The third-order valence-electron chi connectivity index (χ3n) is 2.71. The molecule has 1 rings (SSSR count). The summed E-state index contributed by atoms with van der Waals surface area (Å²) in [7, 11) is 1.32. The van der Waals surface area contributed by atoms with Gasteiger partial charge in [0.2, 0.25) is 0 Å². The van der Waals surface area contributed by atoms with Gasteiger partial charge in [-0.05, 0) is 30.2 Å². The zero-order chi connectivity index (χ0) is 16.0. The SMILES string of the molecule is COc1ccc(C(NCC(C)C)C(=O)O)cc1OC(F)F. The van der Waals surface area contributed by atoms with Gasteiger partial charge in [0.15, 0.2) is 11.5 Å². The second-order valence-corrected chi connectivity index (χ2v) is 4.86. The standard InChI is InChI=1S/C14H19F2NO4/c1-8(2)7-17-12(13(18)19)9-4-5-10(20-3)11(6-9)21-14(15)16/h4-6,8,12,14,17H,7H2,1-3H3,(H,18,19). The van der Waals surface area contributed by atoms with E-state index in [0.29, 0.717) is 12.1 Å². The molecule has 5 nitrogen and oxygen atoms in total. The lowest BCUT2D eigenvalue weighted by Crippen LogP contribution is -2.31. The molecule has 0 saturated carbocycles. The van der Waals surface area contributed by atoms with Crippen molar-refractivity contribution < 1.29 is 28.2 Å². The Balaban J connectivity index is 3.05. The summed E-state index contributed by atoms with van der Waals surface area (Å²) < 4.78 is 34.0. The number of halogens is 2. The van der Waals surface area contributed by atoms with Gasteiger partial charge in [0, 0.05) is 0 Å². The number of ether oxygens (including phenoxy) is 2. The number of benzene rings is 1. The van der Waals surface area contributed by atoms with Crippen LogP contribution >= 0.6 is 0 Å². The molecule has 0 aliphatic carbocycles. The van der Waals surface area contributed by atoms with Crippen molar-refractivity contribution in [1.29, 1.82) is 0 Å². The highest BCUT2D eigenvalue weighted by molar-refractivity contribution is 5.76. The average Bonchev–Trinajstić information content (AvgIpc) is 2.37. The predicted octanol–water partition coefficient (Wildman–Crippen LogP) is 2.67. The second-order valence-electron chi connectivity index (χ2n) is 4.86. The molecule has 21 heavy (non-hydrogen) atoms. The Labute approximate surface area is 121 Å². The Morgan fingerprint density at radius 3 is 2.48 bits per heavy atom. The summed E-state index contributed by atoms with van der Waals surface area (Å²) in [5, 5.41) is 12.1. The van der Waals surface area contributed by atoms with E-state index in [9.17, 15) is 18.7 Å². The molecule has 0 radical (unpaired) electrons. The van der Waals surface area contributed by atoms with E-state index in [-0.39, 0.29) is 17.4 Å². The maximum absolute atomic E-state index is 12.4. The van der Waals surface area contributed by atoms with Crippen molar-refractivity contribution in [2.45, 2.75) is 26.5 Å². The molecule has 1 atom stereocenters. The molecule has 0 heterocycles. The van der Waals surface area contributed by atoms with E-state index in [1.807, 2.05) is 13.8 Å². The number of alkyl halides is 2. The van der Waals surface area contributed by atoms with Crippen LogP contribution in [0.4, 0.5) is 8.78 Å². The molecule has 0 bridgehead atoms. The van der Waals surface area contributed by atoms with E-state index in [2.05, 4.69) is 10.1 Å². The molecule has 118 valence electrons. The molecule has 2 N–H and O–H groups in total. The number of hydrogen-bond acceptors (Lipinski definition) is 4. The average molecular weight is 303 g/mol. The number of rotatable bonds is 8. The van der Waals surface area contributed by atoms with Crippen molar-refractivity contribution >= 4 is 5.97 Å². The van der Waals surface area contributed by atoms with E-state index in [1.165, 1.54) is 25.3 Å². The molecule has 0 fully saturated rings. The minimum absolute atomic E-state index is 0.118.